The molecule has 2 atom stereocenters. The molecule has 0 aromatic carbocycles. The molecule has 0 aliphatic carbocycles. The molecule has 1 fully saturated rings. The molecule has 0 saturated carbocycles. The second-order valence-electron chi connectivity index (χ2n) is 6.44. The van der Waals surface area contributed by atoms with Gasteiger partial charge in [0, 0.05) is 12.2 Å². The summed E-state index contributed by atoms with van der Waals surface area (Å²) in [6.45, 7) is 12.6. The largest absolute Gasteiger partial charge is 0.342 e. The van der Waals surface area contributed by atoms with Gasteiger partial charge in [0.15, 0.2) is 0 Å². The number of carbonyl (C=O) groups is 1. The van der Waals surface area contributed by atoms with Crippen LogP contribution in [0.5, 0.6) is 0 Å². The Hall–Kier alpha value is -0.313. The molecular formula is C14H29NOSi. The van der Waals surface area contributed by atoms with E-state index in [9.17, 15) is 4.79 Å². The third-order valence-electron chi connectivity index (χ3n) is 3.83. The van der Waals surface area contributed by atoms with E-state index in [0.29, 0.717) is 17.5 Å². The molecule has 0 bridgehead atoms. The van der Waals surface area contributed by atoms with Crippen LogP contribution in [0.25, 0.3) is 0 Å². The van der Waals surface area contributed by atoms with Gasteiger partial charge in [0.1, 0.15) is 0 Å². The summed E-state index contributed by atoms with van der Waals surface area (Å²) in [6.07, 6.45) is 5.87. The van der Waals surface area contributed by atoms with Crippen LogP contribution in [0.3, 0.4) is 0 Å². The third-order valence-corrected chi connectivity index (χ3v) is 6.31. The van der Waals surface area contributed by atoms with Gasteiger partial charge in [-0.25, -0.2) is 0 Å². The topological polar surface area (TPSA) is 20.3 Å². The van der Waals surface area contributed by atoms with Crippen molar-refractivity contribution in [3.63, 3.8) is 0 Å². The fourth-order valence-electron chi connectivity index (χ4n) is 2.97. The number of nitrogens with zero attached hydrogens (tertiary/aromatic N) is 1. The second-order valence-corrected chi connectivity index (χ2v) is 11.8. The Morgan fingerprint density at radius 2 is 1.71 bits per heavy atom. The number of β-lactam (4-membered cyclic amide) rings is 1. The lowest BCUT2D eigenvalue weighted by molar-refractivity contribution is -0.152. The third kappa shape index (κ3) is 3.33. The number of hydrogen-bond donors (Lipinski definition) is 0. The molecule has 1 rings (SSSR count). The SMILES string of the molecule is CCCC[C@@H]1C(=O)N(CCCC)[C@H]1[Si](C)(C)C. The Balaban J connectivity index is 2.64. The standard InChI is InChI=1S/C14H29NOSi/c1-6-8-10-12-13(16)15(11-9-7-2)14(12)17(3,4)5/h12,14H,6-11H2,1-5H3/t12-,14+/m1/s1. The van der Waals surface area contributed by atoms with E-state index in [0.717, 1.165) is 19.4 Å². The monoisotopic (exact) mass is 255 g/mol. The first kappa shape index (κ1) is 14.7. The zero-order valence-corrected chi connectivity index (χ0v) is 13.3. The summed E-state index contributed by atoms with van der Waals surface area (Å²) in [6, 6.07) is 0. The van der Waals surface area contributed by atoms with Crippen molar-refractivity contribution in [1.29, 1.82) is 0 Å². The van der Waals surface area contributed by atoms with E-state index >= 15 is 0 Å². The summed E-state index contributed by atoms with van der Waals surface area (Å²) in [5, 5.41) is 0. The fourth-order valence-corrected chi connectivity index (χ4v) is 5.68. The molecule has 0 radical (unpaired) electrons. The molecule has 3 heteroatoms. The molecule has 1 aliphatic heterocycles. The van der Waals surface area contributed by atoms with Gasteiger partial charge in [0.2, 0.25) is 5.91 Å². The molecule has 0 unspecified atom stereocenters. The molecule has 0 aromatic heterocycles. The van der Waals surface area contributed by atoms with Crippen molar-refractivity contribution < 1.29 is 4.79 Å². The average molecular weight is 255 g/mol. The molecular weight excluding hydrogens is 226 g/mol. The first-order valence-corrected chi connectivity index (χ1v) is 10.8. The molecule has 0 aromatic rings. The Morgan fingerprint density at radius 3 is 2.18 bits per heavy atom. The Bertz CT molecular complexity index is 241. The Kier molecular flexibility index (Phi) is 5.23. The van der Waals surface area contributed by atoms with Gasteiger partial charge >= 0.3 is 0 Å². The van der Waals surface area contributed by atoms with Crippen molar-refractivity contribution in [2.45, 2.75) is 71.3 Å². The van der Waals surface area contributed by atoms with Gasteiger partial charge in [-0.05, 0) is 12.8 Å². The number of amides is 1. The molecule has 0 N–H and O–H groups in total. The van der Waals surface area contributed by atoms with Crippen LogP contribution in [-0.4, -0.2) is 31.1 Å². The Labute approximate surface area is 108 Å². The lowest BCUT2D eigenvalue weighted by Gasteiger charge is -2.53. The minimum Gasteiger partial charge on any atom is -0.342 e. The molecule has 2 nitrogen and oxygen atoms in total. The highest BCUT2D eigenvalue weighted by Gasteiger charge is 2.51. The van der Waals surface area contributed by atoms with Gasteiger partial charge in [-0.15, -0.1) is 0 Å². The van der Waals surface area contributed by atoms with Gasteiger partial charge in [0.25, 0.3) is 0 Å². The van der Waals surface area contributed by atoms with Crippen molar-refractivity contribution >= 4 is 14.0 Å². The summed E-state index contributed by atoms with van der Waals surface area (Å²) in [5.41, 5.74) is 0.605. The minimum absolute atomic E-state index is 0.360. The summed E-state index contributed by atoms with van der Waals surface area (Å²) < 4.78 is 0. The maximum Gasteiger partial charge on any atom is 0.227 e. The molecule has 100 valence electrons. The summed E-state index contributed by atoms with van der Waals surface area (Å²) >= 11 is 0. The first-order valence-electron chi connectivity index (χ1n) is 7.24. The second kappa shape index (κ2) is 6.03. The quantitative estimate of drug-likeness (QED) is 0.502. The highest BCUT2D eigenvalue weighted by Crippen LogP contribution is 2.36. The van der Waals surface area contributed by atoms with Crippen molar-refractivity contribution in [2.24, 2.45) is 5.92 Å². The normalized spacial score (nSPS) is 25.0. The maximum atomic E-state index is 12.2. The first-order chi connectivity index (χ1) is 7.93. The molecule has 1 saturated heterocycles. The van der Waals surface area contributed by atoms with Crippen molar-refractivity contribution in [3.05, 3.63) is 0 Å². The molecule has 1 aliphatic rings. The predicted octanol–water partition coefficient (Wildman–Crippen LogP) is 3.68. The van der Waals surface area contributed by atoms with Crippen LogP contribution in [0.2, 0.25) is 19.6 Å². The summed E-state index contributed by atoms with van der Waals surface area (Å²) in [7, 11) is -1.24. The highest BCUT2D eigenvalue weighted by molar-refractivity contribution is 6.78. The molecule has 1 heterocycles. The van der Waals surface area contributed by atoms with Crippen LogP contribution in [0.15, 0.2) is 0 Å². The molecule has 0 spiro atoms. The lowest BCUT2D eigenvalue weighted by atomic mass is 9.92. The van der Waals surface area contributed by atoms with E-state index < -0.39 is 8.07 Å². The molecule has 1 amide bonds. The van der Waals surface area contributed by atoms with Crippen LogP contribution in [0.1, 0.15) is 46.0 Å². The van der Waals surface area contributed by atoms with E-state index in [-0.39, 0.29) is 0 Å². The average Bonchev–Trinajstić information content (AvgIpc) is 2.24. The van der Waals surface area contributed by atoms with Gasteiger partial charge in [-0.1, -0.05) is 52.8 Å². The van der Waals surface area contributed by atoms with E-state index in [4.69, 9.17) is 0 Å². The summed E-state index contributed by atoms with van der Waals surface area (Å²) in [4.78, 5) is 14.4. The maximum absolute atomic E-state index is 12.2. The predicted molar refractivity (Wildman–Crippen MR) is 76.8 cm³/mol. The minimum atomic E-state index is -1.24. The van der Waals surface area contributed by atoms with Crippen LogP contribution in [-0.2, 0) is 4.79 Å². The number of likely N-dealkylation sites (tertiary alicyclic amines) is 1. The van der Waals surface area contributed by atoms with Crippen LogP contribution < -0.4 is 0 Å². The zero-order chi connectivity index (χ0) is 13.1. The number of carbonyl (C=O) groups excluding carboxylic acids is 1. The fraction of sp³-hybridized carbons (Fsp3) is 0.929. The smallest absolute Gasteiger partial charge is 0.227 e. The van der Waals surface area contributed by atoms with Crippen molar-refractivity contribution in [3.8, 4) is 0 Å². The zero-order valence-electron chi connectivity index (χ0n) is 12.3. The van der Waals surface area contributed by atoms with E-state index in [1.54, 1.807) is 0 Å². The molecule has 17 heavy (non-hydrogen) atoms. The van der Waals surface area contributed by atoms with E-state index in [2.05, 4.69) is 38.4 Å². The Morgan fingerprint density at radius 1 is 1.12 bits per heavy atom. The van der Waals surface area contributed by atoms with Crippen LogP contribution >= 0.6 is 0 Å². The van der Waals surface area contributed by atoms with E-state index in [1.165, 1.54) is 19.3 Å². The van der Waals surface area contributed by atoms with E-state index in [1.807, 2.05) is 0 Å². The van der Waals surface area contributed by atoms with Gasteiger partial charge in [0.05, 0.1) is 14.0 Å². The van der Waals surface area contributed by atoms with Gasteiger partial charge in [-0.3, -0.25) is 4.79 Å². The van der Waals surface area contributed by atoms with Crippen LogP contribution in [0.4, 0.5) is 0 Å². The van der Waals surface area contributed by atoms with Gasteiger partial charge < -0.3 is 4.90 Å². The van der Waals surface area contributed by atoms with Gasteiger partial charge in [-0.2, -0.15) is 0 Å². The van der Waals surface area contributed by atoms with Crippen molar-refractivity contribution in [1.82, 2.24) is 4.90 Å². The van der Waals surface area contributed by atoms with Crippen molar-refractivity contribution in [2.75, 3.05) is 6.54 Å². The van der Waals surface area contributed by atoms with Crippen LogP contribution in [0, 0.1) is 5.92 Å². The summed E-state index contributed by atoms with van der Waals surface area (Å²) in [5.74, 6) is 0.804. The number of hydrogen-bond acceptors (Lipinski definition) is 1. The number of rotatable bonds is 7. The number of unbranched alkanes of at least 4 members (excludes halogenated alkanes) is 2. The lowest BCUT2D eigenvalue weighted by Crippen LogP contribution is -2.69. The highest BCUT2D eigenvalue weighted by atomic mass is 28.3.